The lowest BCUT2D eigenvalue weighted by molar-refractivity contribution is -0.277. The highest BCUT2D eigenvalue weighted by Crippen LogP contribution is 2.34. The number of ether oxygens (including phenoxy) is 2. The number of aliphatic hydroxyl groups is 4. The van der Waals surface area contributed by atoms with E-state index in [1.165, 1.54) is 24.3 Å². The second-order valence-electron chi connectivity index (χ2n) is 7.31. The van der Waals surface area contributed by atoms with Crippen molar-refractivity contribution in [2.75, 3.05) is 6.61 Å². The first-order valence-electron chi connectivity index (χ1n) is 9.49. The summed E-state index contributed by atoms with van der Waals surface area (Å²) in [7, 11) is 0. The standard InChI is InChI=1S/C21H20O11/c22-6-15-18(27)19(28)20(29)21(32-15)31-9-4-13(25)16-14(5-9)30-7-10(17(16)26)8-1-2-11(23)12(24)3-8/h1-5,7,15,18-25,27-29H,6H2/t15-,18-,19?,20-,21-/m1/s1. The first-order chi connectivity index (χ1) is 15.2. The van der Waals surface area contributed by atoms with Crippen molar-refractivity contribution in [1.29, 1.82) is 0 Å². The van der Waals surface area contributed by atoms with Crippen molar-refractivity contribution >= 4 is 11.0 Å². The lowest BCUT2D eigenvalue weighted by atomic mass is 9.99. The molecular weight excluding hydrogens is 428 g/mol. The predicted octanol–water partition coefficient (Wildman–Crippen LogP) is -0.245. The van der Waals surface area contributed by atoms with Gasteiger partial charge in [-0.1, -0.05) is 6.07 Å². The Morgan fingerprint density at radius 2 is 1.66 bits per heavy atom. The second-order valence-corrected chi connectivity index (χ2v) is 7.31. The smallest absolute Gasteiger partial charge is 0.229 e. The fourth-order valence-corrected chi connectivity index (χ4v) is 3.46. The first-order valence-corrected chi connectivity index (χ1v) is 9.49. The minimum atomic E-state index is -1.66. The number of hydrogen-bond acceptors (Lipinski definition) is 11. The molecule has 7 N–H and O–H groups in total. The molecule has 1 saturated heterocycles. The average molecular weight is 448 g/mol. The SMILES string of the molecule is O=c1c(-c2ccc(O)c(O)c2)coc2cc(O[C@@H]3O[C@H](CO)[C@@H](O)C(O)[C@H]3O)cc(O)c12. The van der Waals surface area contributed by atoms with E-state index in [2.05, 4.69) is 0 Å². The molecule has 1 unspecified atom stereocenters. The van der Waals surface area contributed by atoms with E-state index in [1.54, 1.807) is 0 Å². The number of rotatable bonds is 4. The zero-order chi connectivity index (χ0) is 23.2. The lowest BCUT2D eigenvalue weighted by Gasteiger charge is -2.39. The molecule has 32 heavy (non-hydrogen) atoms. The number of aromatic hydroxyl groups is 3. The minimum Gasteiger partial charge on any atom is -0.507 e. The van der Waals surface area contributed by atoms with Gasteiger partial charge >= 0.3 is 0 Å². The van der Waals surface area contributed by atoms with Gasteiger partial charge in [-0.3, -0.25) is 4.79 Å². The highest BCUT2D eigenvalue weighted by molar-refractivity contribution is 5.88. The van der Waals surface area contributed by atoms with E-state index >= 15 is 0 Å². The molecule has 0 bridgehead atoms. The van der Waals surface area contributed by atoms with Crippen LogP contribution in [0.4, 0.5) is 0 Å². The minimum absolute atomic E-state index is 0.0192. The van der Waals surface area contributed by atoms with Gasteiger partial charge in [-0.2, -0.15) is 0 Å². The van der Waals surface area contributed by atoms with Crippen molar-refractivity contribution in [3.8, 4) is 34.1 Å². The van der Waals surface area contributed by atoms with Gasteiger partial charge in [0.05, 0.1) is 12.2 Å². The van der Waals surface area contributed by atoms with E-state index < -0.39 is 54.2 Å². The van der Waals surface area contributed by atoms with E-state index in [0.717, 1.165) is 12.3 Å². The van der Waals surface area contributed by atoms with E-state index in [9.17, 15) is 40.5 Å². The molecule has 0 radical (unpaired) electrons. The molecule has 5 atom stereocenters. The van der Waals surface area contributed by atoms with E-state index in [0.29, 0.717) is 0 Å². The van der Waals surface area contributed by atoms with Crippen LogP contribution in [-0.4, -0.2) is 73.1 Å². The average Bonchev–Trinajstić information content (AvgIpc) is 2.76. The predicted molar refractivity (Wildman–Crippen MR) is 107 cm³/mol. The normalized spacial score (nSPS) is 25.7. The van der Waals surface area contributed by atoms with Gasteiger partial charge in [0.2, 0.25) is 11.7 Å². The highest BCUT2D eigenvalue weighted by atomic mass is 16.7. The van der Waals surface area contributed by atoms with Crippen molar-refractivity contribution in [2.24, 2.45) is 0 Å². The van der Waals surface area contributed by atoms with Crippen LogP contribution in [0, 0.1) is 0 Å². The molecule has 0 spiro atoms. The van der Waals surface area contributed by atoms with Crippen LogP contribution in [0.2, 0.25) is 0 Å². The molecule has 2 heterocycles. The van der Waals surface area contributed by atoms with E-state index in [4.69, 9.17) is 13.9 Å². The highest BCUT2D eigenvalue weighted by Gasteiger charge is 2.44. The summed E-state index contributed by atoms with van der Waals surface area (Å²) in [5, 5.41) is 68.4. The van der Waals surface area contributed by atoms with Gasteiger partial charge in [-0.15, -0.1) is 0 Å². The van der Waals surface area contributed by atoms with E-state index in [-0.39, 0.29) is 33.6 Å². The molecule has 11 heteroatoms. The fourth-order valence-electron chi connectivity index (χ4n) is 3.46. The first kappa shape index (κ1) is 21.9. The third-order valence-electron chi connectivity index (χ3n) is 5.22. The molecule has 0 saturated carbocycles. The van der Waals surface area contributed by atoms with Crippen molar-refractivity contribution in [3.05, 3.63) is 46.8 Å². The van der Waals surface area contributed by atoms with Gasteiger partial charge in [0.15, 0.2) is 11.5 Å². The fraction of sp³-hybridized carbons (Fsp3) is 0.286. The van der Waals surface area contributed by atoms with Crippen LogP contribution in [0.3, 0.4) is 0 Å². The number of aliphatic hydroxyl groups excluding tert-OH is 4. The van der Waals surface area contributed by atoms with Gasteiger partial charge in [0, 0.05) is 12.1 Å². The Hall–Kier alpha value is -3.35. The lowest BCUT2D eigenvalue weighted by Crippen LogP contribution is -2.60. The van der Waals surface area contributed by atoms with Crippen molar-refractivity contribution in [1.82, 2.24) is 0 Å². The zero-order valence-electron chi connectivity index (χ0n) is 16.3. The number of phenolic OH excluding ortho intramolecular Hbond substituents is 3. The Morgan fingerprint density at radius 3 is 2.34 bits per heavy atom. The summed E-state index contributed by atoms with van der Waals surface area (Å²) in [4.78, 5) is 12.9. The molecule has 1 aliphatic heterocycles. The molecule has 4 rings (SSSR count). The summed E-state index contributed by atoms with van der Waals surface area (Å²) in [6.07, 6.45) is -6.45. The summed E-state index contributed by atoms with van der Waals surface area (Å²) in [6.45, 7) is -0.641. The number of phenols is 3. The summed E-state index contributed by atoms with van der Waals surface area (Å²) >= 11 is 0. The maximum absolute atomic E-state index is 12.9. The van der Waals surface area contributed by atoms with Crippen molar-refractivity contribution < 1.29 is 49.6 Å². The van der Waals surface area contributed by atoms with Gasteiger partial charge < -0.3 is 49.6 Å². The summed E-state index contributed by atoms with van der Waals surface area (Å²) in [5.74, 6) is -1.40. The monoisotopic (exact) mass is 448 g/mol. The van der Waals surface area contributed by atoms with Crippen LogP contribution in [-0.2, 0) is 4.74 Å². The van der Waals surface area contributed by atoms with Crippen LogP contribution in [0.5, 0.6) is 23.0 Å². The molecule has 170 valence electrons. The second kappa shape index (κ2) is 8.30. The maximum Gasteiger partial charge on any atom is 0.229 e. The van der Waals surface area contributed by atoms with Crippen LogP contribution in [0.1, 0.15) is 0 Å². The van der Waals surface area contributed by atoms with Gasteiger partial charge in [-0.05, 0) is 17.7 Å². The van der Waals surface area contributed by atoms with Gasteiger partial charge in [0.1, 0.15) is 53.1 Å². The van der Waals surface area contributed by atoms with Gasteiger partial charge in [0.25, 0.3) is 0 Å². The van der Waals surface area contributed by atoms with Crippen molar-refractivity contribution in [3.63, 3.8) is 0 Å². The molecule has 11 nitrogen and oxygen atoms in total. The third kappa shape index (κ3) is 3.72. The van der Waals surface area contributed by atoms with Crippen LogP contribution < -0.4 is 10.2 Å². The van der Waals surface area contributed by atoms with Gasteiger partial charge in [-0.25, -0.2) is 0 Å². The molecule has 1 fully saturated rings. The van der Waals surface area contributed by atoms with Crippen LogP contribution in [0.15, 0.2) is 45.8 Å². The molecule has 1 aromatic heterocycles. The van der Waals surface area contributed by atoms with Crippen molar-refractivity contribution in [2.45, 2.75) is 30.7 Å². The topological polar surface area (TPSA) is 190 Å². The summed E-state index contributed by atoms with van der Waals surface area (Å²) in [5.41, 5.74) is -0.419. The maximum atomic E-state index is 12.9. The Bertz CT molecular complexity index is 1200. The zero-order valence-corrected chi connectivity index (χ0v) is 16.3. The summed E-state index contributed by atoms with van der Waals surface area (Å²) in [6, 6.07) is 6.07. The van der Waals surface area contributed by atoms with Crippen LogP contribution >= 0.6 is 0 Å². The molecule has 2 aromatic carbocycles. The number of fused-ring (bicyclic) bond motifs is 1. The Labute approximate surface area is 179 Å². The number of benzene rings is 2. The molecular formula is C21H20O11. The Morgan fingerprint density at radius 1 is 0.906 bits per heavy atom. The molecule has 0 amide bonds. The number of hydrogen-bond donors (Lipinski definition) is 7. The molecule has 3 aromatic rings. The summed E-state index contributed by atoms with van der Waals surface area (Å²) < 4.78 is 16.2. The third-order valence-corrected chi connectivity index (χ3v) is 5.22. The van der Waals surface area contributed by atoms with E-state index in [1.807, 2.05) is 0 Å². The quantitative estimate of drug-likeness (QED) is 0.261. The molecule has 1 aliphatic rings. The molecule has 0 aliphatic carbocycles. The van der Waals surface area contributed by atoms with Crippen LogP contribution in [0.25, 0.3) is 22.1 Å². The Kier molecular flexibility index (Phi) is 5.67. The largest absolute Gasteiger partial charge is 0.507 e. The Balaban J connectivity index is 1.69.